The molecule has 4 aromatic carbocycles. The second-order valence-electron chi connectivity index (χ2n) is 9.81. The van der Waals surface area contributed by atoms with E-state index in [0.717, 1.165) is 26.9 Å². The topological polar surface area (TPSA) is 103 Å². The zero-order chi connectivity index (χ0) is 30.3. The number of halogens is 1. The van der Waals surface area contributed by atoms with Crippen LogP contribution < -0.4 is 16.0 Å². The molecule has 0 aliphatic rings. The van der Waals surface area contributed by atoms with Gasteiger partial charge in [-0.25, -0.2) is 0 Å². The third-order valence-electron chi connectivity index (χ3n) is 6.77. The minimum Gasteiger partial charge on any atom is -0.361 e. The number of hydrogen-bond acceptors (Lipinski definition) is 4. The van der Waals surface area contributed by atoms with Crippen molar-refractivity contribution in [1.82, 2.24) is 10.3 Å². The maximum Gasteiger partial charge on any atom is 0.272 e. The summed E-state index contributed by atoms with van der Waals surface area (Å²) in [4.78, 5) is 43.3. The molecule has 0 aliphatic carbocycles. The molecule has 1 aromatic heterocycles. The predicted molar refractivity (Wildman–Crippen MR) is 175 cm³/mol. The van der Waals surface area contributed by atoms with E-state index < -0.39 is 11.8 Å². The fourth-order valence-electron chi connectivity index (χ4n) is 4.36. The standard InChI is InChI=1S/C34H29ClN4O3S/c1-21-28(35)12-8-14-29(21)38-32(40)22(2)43-26-17-15-25(16-18-26)37-34(42)31(39-33(41)23-9-4-3-5-10-23)19-24-20-36-30-13-7-6-11-27(24)30/h3-20,22,36H,1-2H3,(H,37,42)(H,38,40)(H,39,41)/b31-19+/t22-/m1/s1. The minimum absolute atomic E-state index is 0.0960. The molecule has 0 spiro atoms. The summed E-state index contributed by atoms with van der Waals surface area (Å²) in [5.41, 5.74) is 4.25. The number of rotatable bonds is 9. The molecule has 1 heterocycles. The number of benzene rings is 4. The summed E-state index contributed by atoms with van der Waals surface area (Å²) in [6.07, 6.45) is 3.45. The first kappa shape index (κ1) is 29.7. The van der Waals surface area contributed by atoms with Crippen molar-refractivity contribution >= 4 is 69.4 Å². The van der Waals surface area contributed by atoms with E-state index in [4.69, 9.17) is 11.6 Å². The Kier molecular flexibility index (Phi) is 9.29. The largest absolute Gasteiger partial charge is 0.361 e. The van der Waals surface area contributed by atoms with Crippen molar-refractivity contribution in [3.8, 4) is 0 Å². The summed E-state index contributed by atoms with van der Waals surface area (Å²) in [6, 6.07) is 29.0. The lowest BCUT2D eigenvalue weighted by atomic mass is 10.1. The van der Waals surface area contributed by atoms with Gasteiger partial charge in [0.15, 0.2) is 0 Å². The molecule has 0 unspecified atom stereocenters. The second-order valence-corrected chi connectivity index (χ2v) is 11.6. The van der Waals surface area contributed by atoms with Crippen LogP contribution in [0.3, 0.4) is 0 Å². The number of para-hydroxylation sites is 1. The molecule has 43 heavy (non-hydrogen) atoms. The molecule has 5 rings (SSSR count). The number of amides is 3. The van der Waals surface area contributed by atoms with Crippen LogP contribution in [0.1, 0.15) is 28.4 Å². The van der Waals surface area contributed by atoms with Gasteiger partial charge >= 0.3 is 0 Å². The Morgan fingerprint density at radius 3 is 2.35 bits per heavy atom. The SMILES string of the molecule is Cc1c(Cl)cccc1NC(=O)[C@@H](C)Sc1ccc(NC(=O)/C(=C\c2c[nH]c3ccccc23)NC(=O)c2ccccc2)cc1. The Bertz CT molecular complexity index is 1820. The fourth-order valence-corrected chi connectivity index (χ4v) is 5.40. The third-order valence-corrected chi connectivity index (χ3v) is 8.29. The lowest BCUT2D eigenvalue weighted by molar-refractivity contribution is -0.115. The molecule has 7 nitrogen and oxygen atoms in total. The fraction of sp³-hybridized carbons (Fsp3) is 0.0882. The van der Waals surface area contributed by atoms with Crippen LogP contribution in [-0.4, -0.2) is 28.0 Å². The molecule has 216 valence electrons. The van der Waals surface area contributed by atoms with Crippen LogP contribution in [0.15, 0.2) is 114 Å². The first-order valence-corrected chi connectivity index (χ1v) is 14.8. The van der Waals surface area contributed by atoms with Crippen LogP contribution in [0.2, 0.25) is 5.02 Å². The monoisotopic (exact) mass is 608 g/mol. The summed E-state index contributed by atoms with van der Waals surface area (Å²) in [7, 11) is 0. The predicted octanol–water partition coefficient (Wildman–Crippen LogP) is 7.66. The van der Waals surface area contributed by atoms with Crippen LogP contribution in [0, 0.1) is 6.92 Å². The molecule has 0 saturated heterocycles. The van der Waals surface area contributed by atoms with Gasteiger partial charge in [-0.15, -0.1) is 11.8 Å². The van der Waals surface area contributed by atoms with E-state index in [1.54, 1.807) is 60.8 Å². The van der Waals surface area contributed by atoms with Crippen LogP contribution >= 0.6 is 23.4 Å². The number of H-pyrrole nitrogens is 1. The maximum absolute atomic E-state index is 13.4. The Hall–Kier alpha value is -4.79. The van der Waals surface area contributed by atoms with E-state index in [1.807, 2.05) is 62.4 Å². The van der Waals surface area contributed by atoms with Crippen molar-refractivity contribution in [1.29, 1.82) is 0 Å². The van der Waals surface area contributed by atoms with Crippen LogP contribution in [-0.2, 0) is 9.59 Å². The molecule has 3 amide bonds. The van der Waals surface area contributed by atoms with Gasteiger partial charge in [0.1, 0.15) is 5.70 Å². The molecular weight excluding hydrogens is 580 g/mol. The molecule has 5 aromatic rings. The number of carbonyl (C=O) groups is 3. The van der Waals surface area contributed by atoms with E-state index in [-0.39, 0.29) is 16.9 Å². The Balaban J connectivity index is 1.29. The van der Waals surface area contributed by atoms with Gasteiger partial charge in [0, 0.05) is 49.5 Å². The number of nitrogens with one attached hydrogen (secondary N) is 4. The molecule has 0 bridgehead atoms. The Morgan fingerprint density at radius 2 is 1.58 bits per heavy atom. The van der Waals surface area contributed by atoms with Crippen molar-refractivity contribution in [3.63, 3.8) is 0 Å². The lowest BCUT2D eigenvalue weighted by Crippen LogP contribution is -2.30. The smallest absolute Gasteiger partial charge is 0.272 e. The van der Waals surface area contributed by atoms with E-state index in [2.05, 4.69) is 20.9 Å². The highest BCUT2D eigenvalue weighted by molar-refractivity contribution is 8.00. The van der Waals surface area contributed by atoms with Gasteiger partial charge in [0.05, 0.1) is 5.25 Å². The summed E-state index contributed by atoms with van der Waals surface area (Å²) in [5, 5.41) is 9.72. The number of fused-ring (bicyclic) bond motifs is 1. The first-order chi connectivity index (χ1) is 20.8. The second kappa shape index (κ2) is 13.5. The van der Waals surface area contributed by atoms with Crippen molar-refractivity contribution < 1.29 is 14.4 Å². The first-order valence-electron chi connectivity index (χ1n) is 13.6. The van der Waals surface area contributed by atoms with E-state index >= 15 is 0 Å². The number of thioether (sulfide) groups is 1. The number of aromatic amines is 1. The van der Waals surface area contributed by atoms with Crippen LogP contribution in [0.5, 0.6) is 0 Å². The summed E-state index contributed by atoms with van der Waals surface area (Å²) < 4.78 is 0. The van der Waals surface area contributed by atoms with E-state index in [1.165, 1.54) is 11.8 Å². The minimum atomic E-state index is -0.473. The van der Waals surface area contributed by atoms with Crippen molar-refractivity contribution in [3.05, 3.63) is 131 Å². The number of aromatic nitrogens is 1. The number of hydrogen-bond donors (Lipinski definition) is 4. The summed E-state index contributed by atoms with van der Waals surface area (Å²) >= 11 is 7.57. The zero-order valence-electron chi connectivity index (χ0n) is 23.5. The Labute approximate surface area is 258 Å². The molecule has 0 radical (unpaired) electrons. The number of carbonyl (C=O) groups excluding carboxylic acids is 3. The molecule has 1 atom stereocenters. The maximum atomic E-state index is 13.4. The molecule has 4 N–H and O–H groups in total. The van der Waals surface area contributed by atoms with Gasteiger partial charge in [-0.1, -0.05) is 54.1 Å². The van der Waals surface area contributed by atoms with Crippen LogP contribution in [0.4, 0.5) is 11.4 Å². The van der Waals surface area contributed by atoms with Crippen molar-refractivity contribution in [2.75, 3.05) is 10.6 Å². The van der Waals surface area contributed by atoms with Crippen molar-refractivity contribution in [2.24, 2.45) is 0 Å². The van der Waals surface area contributed by atoms with E-state index in [0.29, 0.717) is 22.0 Å². The van der Waals surface area contributed by atoms with Gasteiger partial charge in [-0.2, -0.15) is 0 Å². The number of anilines is 2. The molecule has 0 fully saturated rings. The van der Waals surface area contributed by atoms with Gasteiger partial charge in [-0.3, -0.25) is 14.4 Å². The molecular formula is C34H29ClN4O3S. The van der Waals surface area contributed by atoms with E-state index in [9.17, 15) is 14.4 Å². The normalized spacial score (nSPS) is 12.0. The average molecular weight is 609 g/mol. The van der Waals surface area contributed by atoms with Gasteiger partial charge in [0.2, 0.25) is 5.91 Å². The molecule has 0 aliphatic heterocycles. The summed E-state index contributed by atoms with van der Waals surface area (Å²) in [5.74, 6) is -1.01. The highest BCUT2D eigenvalue weighted by Crippen LogP contribution is 2.28. The lowest BCUT2D eigenvalue weighted by Gasteiger charge is -2.15. The highest BCUT2D eigenvalue weighted by Gasteiger charge is 2.18. The van der Waals surface area contributed by atoms with Crippen LogP contribution in [0.25, 0.3) is 17.0 Å². The molecule has 9 heteroatoms. The van der Waals surface area contributed by atoms with Gasteiger partial charge in [-0.05, 0) is 80.1 Å². The third kappa shape index (κ3) is 7.35. The highest BCUT2D eigenvalue weighted by atomic mass is 35.5. The molecule has 0 saturated carbocycles. The summed E-state index contributed by atoms with van der Waals surface area (Å²) in [6.45, 7) is 3.68. The average Bonchev–Trinajstić information content (AvgIpc) is 3.43. The quantitative estimate of drug-likeness (QED) is 0.102. The zero-order valence-corrected chi connectivity index (χ0v) is 25.1. The van der Waals surface area contributed by atoms with Gasteiger partial charge < -0.3 is 20.9 Å². The van der Waals surface area contributed by atoms with Gasteiger partial charge in [0.25, 0.3) is 11.8 Å². The Morgan fingerprint density at radius 1 is 0.860 bits per heavy atom. The van der Waals surface area contributed by atoms with Crippen molar-refractivity contribution in [2.45, 2.75) is 24.0 Å².